The molecule has 2 atom stereocenters. The van der Waals surface area contributed by atoms with E-state index in [1.165, 1.54) is 38.5 Å². The summed E-state index contributed by atoms with van der Waals surface area (Å²) < 4.78 is 0. The summed E-state index contributed by atoms with van der Waals surface area (Å²) in [4.78, 5) is 0. The minimum atomic E-state index is -0.572. The van der Waals surface area contributed by atoms with E-state index in [1.807, 2.05) is 0 Å². The van der Waals surface area contributed by atoms with Crippen LogP contribution in [0.5, 0.6) is 0 Å². The van der Waals surface area contributed by atoms with Crippen LogP contribution < -0.4 is 5.73 Å². The Morgan fingerprint density at radius 1 is 1.00 bits per heavy atom. The van der Waals surface area contributed by atoms with E-state index in [9.17, 15) is 5.11 Å². The van der Waals surface area contributed by atoms with E-state index in [1.54, 1.807) is 0 Å². The van der Waals surface area contributed by atoms with Gasteiger partial charge in [-0.25, -0.2) is 0 Å². The standard InChI is InChI=1S/C15H29NO/c1-2-13-7-6-11-15(17,12-8-13)14(16)9-4-3-5-10-14/h13,17H,2-12,16H2,1H3. The monoisotopic (exact) mass is 239 g/mol. The summed E-state index contributed by atoms with van der Waals surface area (Å²) in [6.07, 6.45) is 12.5. The van der Waals surface area contributed by atoms with Crippen LogP contribution in [0.15, 0.2) is 0 Å². The van der Waals surface area contributed by atoms with Crippen molar-refractivity contribution in [3.8, 4) is 0 Å². The average molecular weight is 239 g/mol. The van der Waals surface area contributed by atoms with Crippen molar-refractivity contribution in [2.75, 3.05) is 0 Å². The van der Waals surface area contributed by atoms with E-state index in [0.717, 1.165) is 38.0 Å². The predicted octanol–water partition coefficient (Wildman–Crippen LogP) is 3.37. The molecule has 2 fully saturated rings. The summed E-state index contributed by atoms with van der Waals surface area (Å²) in [5.41, 5.74) is 5.72. The normalized spacial score (nSPS) is 38.6. The molecule has 2 saturated carbocycles. The predicted molar refractivity (Wildman–Crippen MR) is 71.8 cm³/mol. The van der Waals surface area contributed by atoms with E-state index in [-0.39, 0.29) is 5.54 Å². The van der Waals surface area contributed by atoms with Gasteiger partial charge in [0.25, 0.3) is 0 Å². The fraction of sp³-hybridized carbons (Fsp3) is 1.00. The lowest BCUT2D eigenvalue weighted by molar-refractivity contribution is -0.0637. The van der Waals surface area contributed by atoms with Gasteiger partial charge in [-0.05, 0) is 38.0 Å². The molecule has 2 aliphatic rings. The molecule has 3 N–H and O–H groups in total. The van der Waals surface area contributed by atoms with E-state index in [2.05, 4.69) is 6.92 Å². The number of hydrogen-bond donors (Lipinski definition) is 2. The first-order chi connectivity index (χ1) is 8.10. The summed E-state index contributed by atoms with van der Waals surface area (Å²) in [7, 11) is 0. The maximum Gasteiger partial charge on any atom is 0.0826 e. The summed E-state index contributed by atoms with van der Waals surface area (Å²) in [5, 5.41) is 11.0. The third-order valence-corrected chi connectivity index (χ3v) is 5.42. The van der Waals surface area contributed by atoms with Crippen molar-refractivity contribution < 1.29 is 5.11 Å². The smallest absolute Gasteiger partial charge is 0.0826 e. The minimum Gasteiger partial charge on any atom is -0.388 e. The quantitative estimate of drug-likeness (QED) is 0.726. The first kappa shape index (κ1) is 13.4. The van der Waals surface area contributed by atoms with Crippen LogP contribution >= 0.6 is 0 Å². The van der Waals surface area contributed by atoms with E-state index >= 15 is 0 Å². The molecule has 0 spiro atoms. The number of aliphatic hydroxyl groups is 1. The zero-order valence-electron chi connectivity index (χ0n) is 11.4. The molecular weight excluding hydrogens is 210 g/mol. The second kappa shape index (κ2) is 5.27. The highest BCUT2D eigenvalue weighted by Gasteiger charge is 2.47. The Kier molecular flexibility index (Phi) is 4.14. The molecule has 0 aromatic rings. The Bertz CT molecular complexity index is 247. The molecule has 2 nitrogen and oxygen atoms in total. The van der Waals surface area contributed by atoms with Crippen LogP contribution in [-0.4, -0.2) is 16.2 Å². The Morgan fingerprint density at radius 3 is 2.35 bits per heavy atom. The second-order valence-corrected chi connectivity index (χ2v) is 6.45. The number of rotatable bonds is 2. The molecule has 0 saturated heterocycles. The Morgan fingerprint density at radius 2 is 1.71 bits per heavy atom. The molecule has 0 bridgehead atoms. The Hall–Kier alpha value is -0.0800. The Balaban J connectivity index is 2.06. The van der Waals surface area contributed by atoms with E-state index in [4.69, 9.17) is 5.73 Å². The lowest BCUT2D eigenvalue weighted by Gasteiger charge is -2.47. The highest BCUT2D eigenvalue weighted by molar-refractivity contribution is 5.05. The highest BCUT2D eigenvalue weighted by atomic mass is 16.3. The SMILES string of the molecule is CCC1CCCC(O)(C2(N)CCCCC2)CC1. The number of nitrogens with two attached hydrogens (primary N) is 1. The summed E-state index contributed by atoms with van der Waals surface area (Å²) >= 11 is 0. The molecule has 17 heavy (non-hydrogen) atoms. The maximum absolute atomic E-state index is 11.0. The van der Waals surface area contributed by atoms with Gasteiger partial charge in [-0.15, -0.1) is 0 Å². The zero-order chi connectivity index (χ0) is 12.4. The van der Waals surface area contributed by atoms with Gasteiger partial charge in [-0.2, -0.15) is 0 Å². The van der Waals surface area contributed by atoms with Gasteiger partial charge in [0.05, 0.1) is 5.60 Å². The van der Waals surface area contributed by atoms with E-state index < -0.39 is 5.60 Å². The highest BCUT2D eigenvalue weighted by Crippen LogP contribution is 2.43. The van der Waals surface area contributed by atoms with Crippen molar-refractivity contribution in [3.63, 3.8) is 0 Å². The molecule has 0 heterocycles. The van der Waals surface area contributed by atoms with Crippen molar-refractivity contribution in [2.45, 2.75) is 88.7 Å². The van der Waals surface area contributed by atoms with Crippen LogP contribution in [0.25, 0.3) is 0 Å². The zero-order valence-corrected chi connectivity index (χ0v) is 11.4. The van der Waals surface area contributed by atoms with Crippen molar-refractivity contribution in [1.29, 1.82) is 0 Å². The fourth-order valence-corrected chi connectivity index (χ4v) is 3.95. The molecule has 2 aliphatic carbocycles. The van der Waals surface area contributed by atoms with Crippen LogP contribution in [0.1, 0.15) is 77.6 Å². The van der Waals surface area contributed by atoms with E-state index in [0.29, 0.717) is 0 Å². The van der Waals surface area contributed by atoms with Gasteiger partial charge in [0.1, 0.15) is 0 Å². The molecule has 2 heteroatoms. The first-order valence-corrected chi connectivity index (χ1v) is 7.61. The van der Waals surface area contributed by atoms with Crippen LogP contribution in [0.4, 0.5) is 0 Å². The molecule has 2 unspecified atom stereocenters. The van der Waals surface area contributed by atoms with Gasteiger partial charge in [-0.3, -0.25) is 0 Å². The molecule has 0 aromatic carbocycles. The summed E-state index contributed by atoms with van der Waals surface area (Å²) in [6, 6.07) is 0. The second-order valence-electron chi connectivity index (χ2n) is 6.45. The Labute approximate surface area is 106 Å². The fourth-order valence-electron chi connectivity index (χ4n) is 3.95. The first-order valence-electron chi connectivity index (χ1n) is 7.61. The minimum absolute atomic E-state index is 0.284. The van der Waals surface area contributed by atoms with Crippen LogP contribution in [0.2, 0.25) is 0 Å². The van der Waals surface area contributed by atoms with Gasteiger partial charge in [0, 0.05) is 5.54 Å². The maximum atomic E-state index is 11.0. The van der Waals surface area contributed by atoms with Crippen LogP contribution in [0.3, 0.4) is 0 Å². The largest absolute Gasteiger partial charge is 0.388 e. The molecule has 2 rings (SSSR count). The lowest BCUT2D eigenvalue weighted by Crippen LogP contribution is -2.61. The molecule has 100 valence electrons. The van der Waals surface area contributed by atoms with Gasteiger partial charge in [-0.1, -0.05) is 45.4 Å². The molecule has 0 amide bonds. The molecule has 0 aliphatic heterocycles. The molecular formula is C15H29NO. The summed E-state index contributed by atoms with van der Waals surface area (Å²) in [6.45, 7) is 2.27. The van der Waals surface area contributed by atoms with Crippen molar-refractivity contribution in [2.24, 2.45) is 11.7 Å². The third kappa shape index (κ3) is 2.68. The third-order valence-electron chi connectivity index (χ3n) is 5.42. The van der Waals surface area contributed by atoms with Gasteiger partial charge in [0.15, 0.2) is 0 Å². The molecule has 0 aromatic heterocycles. The lowest BCUT2D eigenvalue weighted by atomic mass is 9.67. The summed E-state index contributed by atoms with van der Waals surface area (Å²) in [5.74, 6) is 0.816. The van der Waals surface area contributed by atoms with Gasteiger partial charge < -0.3 is 10.8 Å². The van der Waals surface area contributed by atoms with Gasteiger partial charge >= 0.3 is 0 Å². The number of hydrogen-bond acceptors (Lipinski definition) is 2. The van der Waals surface area contributed by atoms with Gasteiger partial charge in [0.2, 0.25) is 0 Å². The van der Waals surface area contributed by atoms with Crippen molar-refractivity contribution in [3.05, 3.63) is 0 Å². The average Bonchev–Trinajstić information content (AvgIpc) is 2.53. The molecule has 0 radical (unpaired) electrons. The van der Waals surface area contributed by atoms with Crippen molar-refractivity contribution in [1.82, 2.24) is 0 Å². The van der Waals surface area contributed by atoms with Crippen molar-refractivity contribution >= 4 is 0 Å². The van der Waals surface area contributed by atoms with Crippen LogP contribution in [-0.2, 0) is 0 Å². The topological polar surface area (TPSA) is 46.2 Å². The van der Waals surface area contributed by atoms with Crippen LogP contribution in [0, 0.1) is 5.92 Å².